The minimum absolute atomic E-state index is 0.0689. The number of carbonyl (C=O) groups excluding carboxylic acids is 1. The van der Waals surface area contributed by atoms with Crippen LogP contribution in [0.1, 0.15) is 10.4 Å². The van der Waals surface area contributed by atoms with Crippen LogP contribution in [0, 0.1) is 10.1 Å². The summed E-state index contributed by atoms with van der Waals surface area (Å²) in [5, 5.41) is 20.2. The molecule has 112 valence electrons. The molecule has 1 amide bonds. The third kappa shape index (κ3) is 3.13. The van der Waals surface area contributed by atoms with E-state index in [-0.39, 0.29) is 22.9 Å². The van der Waals surface area contributed by atoms with Crippen LogP contribution in [0.5, 0.6) is 0 Å². The number of carboxylic acids is 1. The second kappa shape index (κ2) is 6.35. The summed E-state index contributed by atoms with van der Waals surface area (Å²) in [5.41, 5.74) is -0.376. The Balaban J connectivity index is 2.42. The molecular formula is C12H12N2O5S2. The maximum atomic E-state index is 12.5. The second-order valence-corrected chi connectivity index (χ2v) is 6.15. The van der Waals surface area contributed by atoms with Crippen LogP contribution in [0.4, 0.5) is 5.69 Å². The van der Waals surface area contributed by atoms with E-state index < -0.39 is 22.8 Å². The molecule has 7 nitrogen and oxygen atoms in total. The molecule has 0 bridgehead atoms. The number of thioether (sulfide) groups is 2. The summed E-state index contributed by atoms with van der Waals surface area (Å²) in [6, 6.07) is 3.33. The number of amides is 1. The maximum absolute atomic E-state index is 12.5. The van der Waals surface area contributed by atoms with Gasteiger partial charge in [0.05, 0.1) is 10.8 Å². The van der Waals surface area contributed by atoms with Gasteiger partial charge in [0.15, 0.2) is 0 Å². The van der Waals surface area contributed by atoms with E-state index in [0.717, 1.165) is 0 Å². The van der Waals surface area contributed by atoms with Crippen molar-refractivity contribution in [2.75, 3.05) is 17.9 Å². The van der Waals surface area contributed by atoms with E-state index in [2.05, 4.69) is 0 Å². The smallest absolute Gasteiger partial charge is 0.327 e. The van der Waals surface area contributed by atoms with Gasteiger partial charge in [0.25, 0.3) is 11.6 Å². The maximum Gasteiger partial charge on any atom is 0.327 e. The van der Waals surface area contributed by atoms with Gasteiger partial charge in [0.1, 0.15) is 11.6 Å². The molecule has 0 radical (unpaired) electrons. The van der Waals surface area contributed by atoms with E-state index in [1.54, 1.807) is 12.3 Å². The van der Waals surface area contributed by atoms with Crippen LogP contribution >= 0.6 is 23.5 Å². The van der Waals surface area contributed by atoms with Gasteiger partial charge in [-0.2, -0.15) is 0 Å². The zero-order valence-corrected chi connectivity index (χ0v) is 12.6. The molecule has 0 spiro atoms. The number of nitrogens with zero attached hydrogens (tertiary/aromatic N) is 2. The van der Waals surface area contributed by atoms with Gasteiger partial charge in [-0.1, -0.05) is 0 Å². The molecule has 9 heteroatoms. The van der Waals surface area contributed by atoms with Crippen LogP contribution < -0.4 is 0 Å². The first-order chi connectivity index (χ1) is 9.95. The number of rotatable bonds is 4. The average Bonchev–Trinajstić information content (AvgIpc) is 2.95. The van der Waals surface area contributed by atoms with E-state index in [1.165, 1.54) is 40.6 Å². The molecular weight excluding hydrogens is 316 g/mol. The Morgan fingerprint density at radius 1 is 1.52 bits per heavy atom. The van der Waals surface area contributed by atoms with Crippen LogP contribution in [0.2, 0.25) is 0 Å². The van der Waals surface area contributed by atoms with Crippen LogP contribution in [-0.4, -0.2) is 50.7 Å². The molecule has 0 aromatic heterocycles. The number of hydrogen-bond donors (Lipinski definition) is 1. The molecule has 1 N–H and O–H groups in total. The lowest BCUT2D eigenvalue weighted by molar-refractivity contribution is -0.385. The Labute approximate surface area is 128 Å². The van der Waals surface area contributed by atoms with Crippen molar-refractivity contribution in [2.24, 2.45) is 0 Å². The number of nitro benzene ring substituents is 1. The number of carboxylic acid groups (broad SMARTS) is 1. The van der Waals surface area contributed by atoms with Crippen molar-refractivity contribution >= 4 is 41.1 Å². The van der Waals surface area contributed by atoms with E-state index in [9.17, 15) is 19.7 Å². The first-order valence-corrected chi connectivity index (χ1v) is 8.27. The van der Waals surface area contributed by atoms with E-state index in [4.69, 9.17) is 5.11 Å². The quantitative estimate of drug-likeness (QED) is 0.512. The number of hydrogen-bond acceptors (Lipinski definition) is 6. The second-order valence-electron chi connectivity index (χ2n) is 4.27. The van der Waals surface area contributed by atoms with Gasteiger partial charge in [0, 0.05) is 16.7 Å². The first-order valence-electron chi connectivity index (χ1n) is 5.89. The van der Waals surface area contributed by atoms with Crippen molar-refractivity contribution in [1.82, 2.24) is 4.90 Å². The van der Waals surface area contributed by atoms with E-state index in [0.29, 0.717) is 4.90 Å². The first kappa shape index (κ1) is 15.6. The van der Waals surface area contributed by atoms with E-state index in [1.807, 2.05) is 0 Å². The molecule has 1 aromatic carbocycles. The van der Waals surface area contributed by atoms with Gasteiger partial charge < -0.3 is 10.0 Å². The summed E-state index contributed by atoms with van der Waals surface area (Å²) < 4.78 is 0. The van der Waals surface area contributed by atoms with Crippen LogP contribution in [0.15, 0.2) is 23.1 Å². The minimum Gasteiger partial charge on any atom is -0.480 e. The van der Waals surface area contributed by atoms with Crippen molar-refractivity contribution in [3.63, 3.8) is 0 Å². The summed E-state index contributed by atoms with van der Waals surface area (Å²) in [7, 11) is 0. The lowest BCUT2D eigenvalue weighted by Crippen LogP contribution is -2.41. The number of benzene rings is 1. The molecule has 1 saturated heterocycles. The van der Waals surface area contributed by atoms with Crippen molar-refractivity contribution in [2.45, 2.75) is 10.9 Å². The predicted molar refractivity (Wildman–Crippen MR) is 79.8 cm³/mol. The van der Waals surface area contributed by atoms with Gasteiger partial charge in [-0.3, -0.25) is 14.9 Å². The fraction of sp³-hybridized carbons (Fsp3) is 0.333. The van der Waals surface area contributed by atoms with Crippen LogP contribution in [-0.2, 0) is 4.79 Å². The van der Waals surface area contributed by atoms with Crippen molar-refractivity contribution < 1.29 is 19.6 Å². The number of nitro groups is 1. The fourth-order valence-corrected chi connectivity index (χ4v) is 3.56. The molecule has 0 saturated carbocycles. The monoisotopic (exact) mass is 328 g/mol. The molecule has 21 heavy (non-hydrogen) atoms. The standard InChI is InChI=1S/C12H12N2O5S2/c1-20-7-2-3-9(14(18)19)8(4-7)11(15)13-6-21-5-10(13)12(16)17/h2-4,10H,5-6H2,1H3,(H,16,17)/t10-/m0/s1. The van der Waals surface area contributed by atoms with Gasteiger partial charge >= 0.3 is 5.97 Å². The lowest BCUT2D eigenvalue weighted by atomic mass is 10.1. The molecule has 1 aromatic rings. The molecule has 1 aliphatic heterocycles. The highest BCUT2D eigenvalue weighted by Gasteiger charge is 2.37. The van der Waals surface area contributed by atoms with E-state index >= 15 is 0 Å². The van der Waals surface area contributed by atoms with Gasteiger partial charge in [-0.15, -0.1) is 23.5 Å². The summed E-state index contributed by atoms with van der Waals surface area (Å²) in [6.07, 6.45) is 1.79. The Hall–Kier alpha value is -1.74. The fourth-order valence-electron chi connectivity index (χ4n) is 1.97. The van der Waals surface area contributed by atoms with Crippen LogP contribution in [0.25, 0.3) is 0 Å². The molecule has 0 aliphatic carbocycles. The van der Waals surface area contributed by atoms with Gasteiger partial charge in [-0.25, -0.2) is 4.79 Å². The molecule has 1 aliphatic rings. The Bertz CT molecular complexity index is 607. The normalized spacial score (nSPS) is 17.8. The highest BCUT2D eigenvalue weighted by molar-refractivity contribution is 7.99. The van der Waals surface area contributed by atoms with Crippen LogP contribution in [0.3, 0.4) is 0 Å². The SMILES string of the molecule is CSc1ccc([N+](=O)[O-])c(C(=O)N2CSC[C@H]2C(=O)O)c1. The minimum atomic E-state index is -1.10. The molecule has 1 fully saturated rings. The summed E-state index contributed by atoms with van der Waals surface area (Å²) in [6.45, 7) is 0. The lowest BCUT2D eigenvalue weighted by Gasteiger charge is -2.20. The molecule has 1 atom stereocenters. The number of aliphatic carboxylic acids is 1. The predicted octanol–water partition coefficient (Wildman–Crippen LogP) is 1.92. The third-order valence-corrected chi connectivity index (χ3v) is 4.80. The van der Waals surface area contributed by atoms with Gasteiger partial charge in [0.2, 0.25) is 0 Å². The third-order valence-electron chi connectivity index (χ3n) is 3.06. The summed E-state index contributed by atoms with van der Waals surface area (Å²) >= 11 is 2.67. The average molecular weight is 328 g/mol. The Morgan fingerprint density at radius 3 is 2.81 bits per heavy atom. The summed E-state index contributed by atoms with van der Waals surface area (Å²) in [4.78, 5) is 35.9. The molecule has 2 rings (SSSR count). The largest absolute Gasteiger partial charge is 0.480 e. The summed E-state index contributed by atoms with van der Waals surface area (Å²) in [5.74, 6) is -1.21. The number of carbonyl (C=O) groups is 2. The van der Waals surface area contributed by atoms with Crippen molar-refractivity contribution in [3.8, 4) is 0 Å². The molecule has 1 heterocycles. The van der Waals surface area contributed by atoms with Crippen molar-refractivity contribution in [3.05, 3.63) is 33.9 Å². The van der Waals surface area contributed by atoms with Crippen molar-refractivity contribution in [1.29, 1.82) is 0 Å². The Kier molecular flexibility index (Phi) is 4.73. The highest BCUT2D eigenvalue weighted by Crippen LogP contribution is 2.29. The zero-order chi connectivity index (χ0) is 15.6. The molecule has 0 unspecified atom stereocenters. The highest BCUT2D eigenvalue weighted by atomic mass is 32.2. The van der Waals surface area contributed by atoms with Gasteiger partial charge in [-0.05, 0) is 18.4 Å². The topological polar surface area (TPSA) is 101 Å². The zero-order valence-electron chi connectivity index (χ0n) is 11.0. The Morgan fingerprint density at radius 2 is 2.24 bits per heavy atom.